The molecule has 1 fully saturated rings. The van der Waals surface area contributed by atoms with E-state index in [9.17, 15) is 0 Å². The van der Waals surface area contributed by atoms with E-state index >= 15 is 0 Å². The van der Waals surface area contributed by atoms with E-state index in [0.717, 1.165) is 18.7 Å². The highest BCUT2D eigenvalue weighted by Gasteiger charge is 2.17. The molecule has 1 heterocycles. The molecule has 1 aliphatic rings. The van der Waals surface area contributed by atoms with E-state index in [2.05, 4.69) is 23.3 Å². The topological polar surface area (TPSA) is 39.1 Å². The van der Waals surface area contributed by atoms with Gasteiger partial charge in [-0.15, -0.1) is 0 Å². The highest BCUT2D eigenvalue weighted by atomic mass is 15.1. The van der Waals surface area contributed by atoms with Crippen LogP contribution < -0.4 is 10.2 Å². The number of nitrogens with one attached hydrogen (secondary N) is 1. The fourth-order valence-corrected chi connectivity index (χ4v) is 2.18. The fourth-order valence-electron chi connectivity index (χ4n) is 2.18. The van der Waals surface area contributed by atoms with Gasteiger partial charge in [0.2, 0.25) is 0 Å². The maximum atomic E-state index is 8.74. The largest absolute Gasteiger partial charge is 0.372 e. The highest BCUT2D eigenvalue weighted by molar-refractivity contribution is 5.49. The van der Waals surface area contributed by atoms with Gasteiger partial charge in [0.05, 0.1) is 11.6 Å². The summed E-state index contributed by atoms with van der Waals surface area (Å²) in [5.74, 6) is 0. The van der Waals surface area contributed by atoms with Crippen LogP contribution in [0.1, 0.15) is 18.4 Å². The van der Waals surface area contributed by atoms with Crippen LogP contribution in [0.3, 0.4) is 0 Å². The Kier molecular flexibility index (Phi) is 3.43. The van der Waals surface area contributed by atoms with Crippen molar-refractivity contribution in [2.24, 2.45) is 0 Å². The SMILES string of the molecule is CN(c1ccc(C#N)cc1)C1CCNCC1. The summed E-state index contributed by atoms with van der Waals surface area (Å²) in [6.45, 7) is 2.20. The molecule has 1 aromatic rings. The van der Waals surface area contributed by atoms with Crippen LogP contribution in [0, 0.1) is 11.3 Å². The van der Waals surface area contributed by atoms with Crippen molar-refractivity contribution < 1.29 is 0 Å². The molecular formula is C13H17N3. The number of hydrogen-bond donors (Lipinski definition) is 1. The lowest BCUT2D eigenvalue weighted by atomic mass is 10.0. The van der Waals surface area contributed by atoms with Crippen molar-refractivity contribution in [2.75, 3.05) is 25.0 Å². The predicted octanol–water partition coefficient (Wildman–Crippen LogP) is 1.75. The second-order valence-electron chi connectivity index (χ2n) is 4.25. The summed E-state index contributed by atoms with van der Waals surface area (Å²) in [7, 11) is 2.14. The lowest BCUT2D eigenvalue weighted by Gasteiger charge is -2.33. The minimum atomic E-state index is 0.620. The Morgan fingerprint density at radius 2 is 1.88 bits per heavy atom. The van der Waals surface area contributed by atoms with Gasteiger partial charge in [0, 0.05) is 18.8 Å². The van der Waals surface area contributed by atoms with Gasteiger partial charge in [0.15, 0.2) is 0 Å². The van der Waals surface area contributed by atoms with E-state index < -0.39 is 0 Å². The number of nitriles is 1. The minimum Gasteiger partial charge on any atom is -0.372 e. The molecule has 0 bridgehead atoms. The van der Waals surface area contributed by atoms with E-state index in [1.54, 1.807) is 0 Å². The van der Waals surface area contributed by atoms with Crippen LogP contribution in [-0.2, 0) is 0 Å². The summed E-state index contributed by atoms with van der Waals surface area (Å²) in [5, 5.41) is 12.1. The smallest absolute Gasteiger partial charge is 0.0991 e. The van der Waals surface area contributed by atoms with Gasteiger partial charge in [-0.1, -0.05) is 0 Å². The summed E-state index contributed by atoms with van der Waals surface area (Å²) < 4.78 is 0. The monoisotopic (exact) mass is 215 g/mol. The quantitative estimate of drug-likeness (QED) is 0.817. The lowest BCUT2D eigenvalue weighted by molar-refractivity contribution is 0.443. The molecule has 2 rings (SSSR count). The predicted molar refractivity (Wildman–Crippen MR) is 65.5 cm³/mol. The van der Waals surface area contributed by atoms with Crippen molar-refractivity contribution in [3.8, 4) is 6.07 Å². The first kappa shape index (κ1) is 11.0. The summed E-state index contributed by atoms with van der Waals surface area (Å²) in [4.78, 5) is 2.32. The molecule has 3 nitrogen and oxygen atoms in total. The van der Waals surface area contributed by atoms with Crippen LogP contribution in [0.2, 0.25) is 0 Å². The maximum absolute atomic E-state index is 8.74. The van der Waals surface area contributed by atoms with Crippen LogP contribution >= 0.6 is 0 Å². The molecule has 16 heavy (non-hydrogen) atoms. The van der Waals surface area contributed by atoms with Crippen molar-refractivity contribution in [1.82, 2.24) is 5.32 Å². The van der Waals surface area contributed by atoms with Gasteiger partial charge in [-0.05, 0) is 50.2 Å². The van der Waals surface area contributed by atoms with Crippen LogP contribution in [0.15, 0.2) is 24.3 Å². The van der Waals surface area contributed by atoms with Crippen molar-refractivity contribution in [2.45, 2.75) is 18.9 Å². The summed E-state index contributed by atoms with van der Waals surface area (Å²) in [6.07, 6.45) is 2.38. The number of benzene rings is 1. The maximum Gasteiger partial charge on any atom is 0.0991 e. The third kappa shape index (κ3) is 2.34. The molecule has 0 spiro atoms. The minimum absolute atomic E-state index is 0.620. The second kappa shape index (κ2) is 5.00. The molecule has 0 aromatic heterocycles. The van der Waals surface area contributed by atoms with Crippen molar-refractivity contribution in [3.05, 3.63) is 29.8 Å². The first-order valence-corrected chi connectivity index (χ1v) is 5.75. The number of rotatable bonds is 2. The third-order valence-corrected chi connectivity index (χ3v) is 3.26. The van der Waals surface area contributed by atoms with Crippen molar-refractivity contribution >= 4 is 5.69 Å². The lowest BCUT2D eigenvalue weighted by Crippen LogP contribution is -2.41. The van der Waals surface area contributed by atoms with Crippen molar-refractivity contribution in [3.63, 3.8) is 0 Å². The molecule has 0 aliphatic carbocycles. The molecule has 0 radical (unpaired) electrons. The molecule has 0 unspecified atom stereocenters. The number of nitrogens with zero attached hydrogens (tertiary/aromatic N) is 2. The molecule has 1 aromatic carbocycles. The van der Waals surface area contributed by atoms with Crippen LogP contribution in [0.4, 0.5) is 5.69 Å². The molecule has 0 saturated carbocycles. The van der Waals surface area contributed by atoms with Gasteiger partial charge in [-0.2, -0.15) is 5.26 Å². The molecule has 84 valence electrons. The normalized spacial score (nSPS) is 16.8. The van der Waals surface area contributed by atoms with Gasteiger partial charge in [0.25, 0.3) is 0 Å². The summed E-state index contributed by atoms with van der Waals surface area (Å²) in [6, 6.07) is 10.6. The number of piperidine rings is 1. The number of anilines is 1. The molecule has 1 N–H and O–H groups in total. The highest BCUT2D eigenvalue weighted by Crippen LogP contribution is 2.20. The van der Waals surface area contributed by atoms with Gasteiger partial charge >= 0.3 is 0 Å². The van der Waals surface area contributed by atoms with Crippen LogP contribution in [-0.4, -0.2) is 26.2 Å². The first-order valence-electron chi connectivity index (χ1n) is 5.75. The molecular weight excluding hydrogens is 198 g/mol. The molecule has 1 aliphatic heterocycles. The zero-order chi connectivity index (χ0) is 11.4. The molecule has 1 saturated heterocycles. The van der Waals surface area contributed by atoms with E-state index in [-0.39, 0.29) is 0 Å². The Hall–Kier alpha value is -1.53. The van der Waals surface area contributed by atoms with E-state index in [1.165, 1.54) is 18.5 Å². The summed E-state index contributed by atoms with van der Waals surface area (Å²) in [5.41, 5.74) is 1.92. The standard InChI is InChI=1S/C13H17N3/c1-16(13-6-8-15-9-7-13)12-4-2-11(10-14)3-5-12/h2-5,13,15H,6-9H2,1H3. The van der Waals surface area contributed by atoms with E-state index in [1.807, 2.05) is 24.3 Å². The zero-order valence-electron chi connectivity index (χ0n) is 9.61. The van der Waals surface area contributed by atoms with Gasteiger partial charge in [-0.3, -0.25) is 0 Å². The Morgan fingerprint density at radius 3 is 2.44 bits per heavy atom. The Balaban J connectivity index is 2.07. The molecule has 0 amide bonds. The van der Waals surface area contributed by atoms with Crippen LogP contribution in [0.25, 0.3) is 0 Å². The van der Waals surface area contributed by atoms with E-state index in [0.29, 0.717) is 6.04 Å². The zero-order valence-corrected chi connectivity index (χ0v) is 9.61. The average molecular weight is 215 g/mol. The van der Waals surface area contributed by atoms with Gasteiger partial charge in [-0.25, -0.2) is 0 Å². The van der Waals surface area contributed by atoms with Crippen LogP contribution in [0.5, 0.6) is 0 Å². The Morgan fingerprint density at radius 1 is 1.25 bits per heavy atom. The Labute approximate surface area is 96.7 Å². The molecule has 3 heteroatoms. The number of hydrogen-bond acceptors (Lipinski definition) is 3. The van der Waals surface area contributed by atoms with Crippen molar-refractivity contribution in [1.29, 1.82) is 5.26 Å². The van der Waals surface area contributed by atoms with E-state index in [4.69, 9.17) is 5.26 Å². The van der Waals surface area contributed by atoms with Gasteiger partial charge in [0.1, 0.15) is 0 Å². The van der Waals surface area contributed by atoms with Gasteiger partial charge < -0.3 is 10.2 Å². The second-order valence-corrected chi connectivity index (χ2v) is 4.25. The Bertz CT molecular complexity index is 371. The fraction of sp³-hybridized carbons (Fsp3) is 0.462. The average Bonchev–Trinajstić information content (AvgIpc) is 2.39. The third-order valence-electron chi connectivity index (χ3n) is 3.26. The first-order chi connectivity index (χ1) is 7.81. The summed E-state index contributed by atoms with van der Waals surface area (Å²) >= 11 is 0. The molecule has 0 atom stereocenters.